The Morgan fingerprint density at radius 3 is 2.94 bits per heavy atom. The van der Waals surface area contributed by atoms with Crippen molar-refractivity contribution in [3.63, 3.8) is 0 Å². The zero-order valence-electron chi connectivity index (χ0n) is 9.04. The molecule has 0 spiro atoms. The first kappa shape index (κ1) is 12.1. The van der Waals surface area contributed by atoms with E-state index in [1.165, 1.54) is 0 Å². The second-order valence-corrected chi connectivity index (χ2v) is 4.72. The molecule has 0 saturated heterocycles. The Morgan fingerprint density at radius 1 is 1.41 bits per heavy atom. The van der Waals surface area contributed by atoms with Crippen LogP contribution in [0.5, 0.6) is 0 Å². The Labute approximate surface area is 112 Å². The second-order valence-electron chi connectivity index (χ2n) is 3.46. The van der Waals surface area contributed by atoms with E-state index in [1.807, 2.05) is 25.1 Å². The lowest BCUT2D eigenvalue weighted by atomic mass is 10.2. The van der Waals surface area contributed by atoms with E-state index < -0.39 is 0 Å². The summed E-state index contributed by atoms with van der Waals surface area (Å²) in [5.74, 6) is 0.832. The zero-order valence-corrected chi connectivity index (χ0v) is 11.4. The van der Waals surface area contributed by atoms with Crippen LogP contribution in [0.15, 0.2) is 28.9 Å². The van der Waals surface area contributed by atoms with Gasteiger partial charge in [-0.25, -0.2) is 4.98 Å². The Hall–Kier alpha value is -1.33. The predicted octanol–water partition coefficient (Wildman–Crippen LogP) is 3.53. The van der Waals surface area contributed by atoms with Crippen molar-refractivity contribution >= 4 is 45.0 Å². The van der Waals surface area contributed by atoms with Gasteiger partial charge in [-0.3, -0.25) is 0 Å². The van der Waals surface area contributed by atoms with Gasteiger partial charge >= 0.3 is 0 Å². The molecule has 0 bridgehead atoms. The van der Waals surface area contributed by atoms with Gasteiger partial charge in [-0.2, -0.15) is 4.98 Å². The predicted molar refractivity (Wildman–Crippen MR) is 73.6 cm³/mol. The molecule has 1 aromatic heterocycles. The lowest BCUT2D eigenvalue weighted by molar-refractivity contribution is 1.17. The van der Waals surface area contributed by atoms with Crippen LogP contribution in [0, 0.1) is 6.92 Å². The highest BCUT2D eigenvalue weighted by Crippen LogP contribution is 2.28. The maximum atomic E-state index is 6.04. The van der Waals surface area contributed by atoms with Crippen LogP contribution in [-0.2, 0) is 0 Å². The maximum Gasteiger partial charge on any atom is 0.222 e. The van der Waals surface area contributed by atoms with E-state index >= 15 is 0 Å². The molecule has 4 nitrogen and oxygen atoms in total. The molecular formula is C11H10BrClN4. The van der Waals surface area contributed by atoms with Crippen LogP contribution in [0.25, 0.3) is 0 Å². The van der Waals surface area contributed by atoms with Gasteiger partial charge in [0.15, 0.2) is 0 Å². The first-order chi connectivity index (χ1) is 8.08. The first-order valence-electron chi connectivity index (χ1n) is 4.88. The van der Waals surface area contributed by atoms with Crippen LogP contribution >= 0.6 is 27.5 Å². The fourth-order valence-electron chi connectivity index (χ4n) is 1.34. The number of nitrogens with zero attached hydrogens (tertiary/aromatic N) is 2. The fraction of sp³-hybridized carbons (Fsp3) is 0.0909. The molecule has 0 saturated carbocycles. The lowest BCUT2D eigenvalue weighted by Gasteiger charge is -2.11. The number of hydrogen-bond acceptors (Lipinski definition) is 4. The molecule has 0 aliphatic carbocycles. The van der Waals surface area contributed by atoms with Crippen LogP contribution in [0.2, 0.25) is 5.02 Å². The number of halogens is 2. The molecular weight excluding hydrogens is 304 g/mol. The van der Waals surface area contributed by atoms with E-state index in [-0.39, 0.29) is 5.95 Å². The van der Waals surface area contributed by atoms with Crippen LogP contribution in [0.3, 0.4) is 0 Å². The molecule has 2 rings (SSSR count). The van der Waals surface area contributed by atoms with E-state index in [1.54, 1.807) is 6.20 Å². The molecule has 17 heavy (non-hydrogen) atoms. The average molecular weight is 314 g/mol. The van der Waals surface area contributed by atoms with Crippen molar-refractivity contribution in [2.24, 2.45) is 0 Å². The normalized spacial score (nSPS) is 10.3. The number of nitrogen functional groups attached to an aromatic ring is 1. The summed E-state index contributed by atoms with van der Waals surface area (Å²) in [6.07, 6.45) is 1.60. The standard InChI is InChI=1S/C11H10BrClN4/c1-6-8(13)3-2-4-9(6)16-10-7(12)5-15-11(14)17-10/h2-5H,1H3,(H3,14,15,16,17). The molecule has 0 unspecified atom stereocenters. The third-order valence-corrected chi connectivity index (χ3v) is 3.27. The van der Waals surface area contributed by atoms with E-state index in [2.05, 4.69) is 31.2 Å². The molecule has 0 fully saturated rings. The molecule has 1 heterocycles. The van der Waals surface area contributed by atoms with Gasteiger partial charge in [0.05, 0.1) is 4.47 Å². The highest BCUT2D eigenvalue weighted by Gasteiger charge is 2.07. The third-order valence-electron chi connectivity index (χ3n) is 2.28. The van der Waals surface area contributed by atoms with Gasteiger partial charge in [-0.1, -0.05) is 17.7 Å². The van der Waals surface area contributed by atoms with Crippen LogP contribution in [0.4, 0.5) is 17.5 Å². The quantitative estimate of drug-likeness (QED) is 0.890. The minimum absolute atomic E-state index is 0.218. The number of benzene rings is 1. The van der Waals surface area contributed by atoms with E-state index in [0.29, 0.717) is 10.8 Å². The molecule has 0 aliphatic rings. The second kappa shape index (κ2) is 4.89. The van der Waals surface area contributed by atoms with Gasteiger partial charge in [0.25, 0.3) is 0 Å². The Bertz CT molecular complexity index is 559. The molecule has 0 atom stereocenters. The van der Waals surface area contributed by atoms with Crippen molar-refractivity contribution < 1.29 is 0 Å². The zero-order chi connectivity index (χ0) is 12.4. The topological polar surface area (TPSA) is 63.8 Å². The minimum Gasteiger partial charge on any atom is -0.368 e. The summed E-state index contributed by atoms with van der Waals surface area (Å²) < 4.78 is 0.742. The van der Waals surface area contributed by atoms with Crippen molar-refractivity contribution in [2.45, 2.75) is 6.92 Å². The number of nitrogens with one attached hydrogen (secondary N) is 1. The summed E-state index contributed by atoms with van der Waals surface area (Å²) in [5, 5.41) is 3.86. The van der Waals surface area contributed by atoms with Crippen LogP contribution in [-0.4, -0.2) is 9.97 Å². The van der Waals surface area contributed by atoms with Gasteiger partial charge in [-0.15, -0.1) is 0 Å². The van der Waals surface area contributed by atoms with E-state index in [9.17, 15) is 0 Å². The summed E-state index contributed by atoms with van der Waals surface area (Å²) in [6, 6.07) is 5.63. The third kappa shape index (κ3) is 2.68. The van der Waals surface area contributed by atoms with Crippen molar-refractivity contribution in [3.05, 3.63) is 39.5 Å². The van der Waals surface area contributed by atoms with Crippen LogP contribution in [0.1, 0.15) is 5.56 Å². The van der Waals surface area contributed by atoms with Crippen molar-refractivity contribution in [3.8, 4) is 0 Å². The van der Waals surface area contributed by atoms with Crippen LogP contribution < -0.4 is 11.1 Å². The Morgan fingerprint density at radius 2 is 2.18 bits per heavy atom. The highest BCUT2D eigenvalue weighted by molar-refractivity contribution is 9.10. The fourth-order valence-corrected chi connectivity index (χ4v) is 1.80. The summed E-state index contributed by atoms with van der Waals surface area (Å²) >= 11 is 9.40. The molecule has 0 amide bonds. The van der Waals surface area contributed by atoms with E-state index in [0.717, 1.165) is 15.7 Å². The Kier molecular flexibility index (Phi) is 3.49. The van der Waals surface area contributed by atoms with Gasteiger partial charge < -0.3 is 11.1 Å². The van der Waals surface area contributed by atoms with Gasteiger partial charge in [-0.05, 0) is 40.5 Å². The van der Waals surface area contributed by atoms with Crippen molar-refractivity contribution in [2.75, 3.05) is 11.1 Å². The highest BCUT2D eigenvalue weighted by atomic mass is 79.9. The maximum absolute atomic E-state index is 6.04. The van der Waals surface area contributed by atoms with Crippen molar-refractivity contribution in [1.82, 2.24) is 9.97 Å². The summed E-state index contributed by atoms with van der Waals surface area (Å²) in [6.45, 7) is 1.93. The first-order valence-corrected chi connectivity index (χ1v) is 6.05. The lowest BCUT2D eigenvalue weighted by Crippen LogP contribution is -2.01. The Balaban J connectivity index is 2.38. The summed E-state index contributed by atoms with van der Waals surface area (Å²) in [4.78, 5) is 7.98. The molecule has 1 aromatic carbocycles. The van der Waals surface area contributed by atoms with Gasteiger partial charge in [0.1, 0.15) is 5.82 Å². The molecule has 3 N–H and O–H groups in total. The monoisotopic (exact) mass is 312 g/mol. The molecule has 6 heteroatoms. The molecule has 0 aliphatic heterocycles. The average Bonchev–Trinajstić information content (AvgIpc) is 2.30. The number of rotatable bonds is 2. The largest absolute Gasteiger partial charge is 0.368 e. The van der Waals surface area contributed by atoms with Gasteiger partial charge in [0.2, 0.25) is 5.95 Å². The number of aromatic nitrogens is 2. The molecule has 88 valence electrons. The van der Waals surface area contributed by atoms with Gasteiger partial charge in [0, 0.05) is 16.9 Å². The summed E-state index contributed by atoms with van der Waals surface area (Å²) in [5.41, 5.74) is 7.38. The van der Waals surface area contributed by atoms with Crippen molar-refractivity contribution in [1.29, 1.82) is 0 Å². The number of hydrogen-bond donors (Lipinski definition) is 2. The smallest absolute Gasteiger partial charge is 0.222 e. The molecule has 0 radical (unpaired) electrons. The molecule has 2 aromatic rings. The SMILES string of the molecule is Cc1c(Cl)cccc1Nc1nc(N)ncc1Br. The minimum atomic E-state index is 0.218. The number of anilines is 3. The number of nitrogens with two attached hydrogens (primary N) is 1. The summed E-state index contributed by atoms with van der Waals surface area (Å²) in [7, 11) is 0. The van der Waals surface area contributed by atoms with E-state index in [4.69, 9.17) is 17.3 Å².